The van der Waals surface area contributed by atoms with Gasteiger partial charge in [-0.2, -0.15) is 0 Å². The number of carbonyl (C=O) groups excluding carboxylic acids is 1. The Morgan fingerprint density at radius 3 is 2.63 bits per heavy atom. The lowest BCUT2D eigenvalue weighted by Crippen LogP contribution is -2.29. The number of ether oxygens (including phenoxy) is 2. The zero-order chi connectivity index (χ0) is 13.9. The number of hydrogen-bond donors (Lipinski definition) is 0. The highest BCUT2D eigenvalue weighted by Gasteiger charge is 2.64. The van der Waals surface area contributed by atoms with Gasteiger partial charge in [-0.3, -0.25) is 0 Å². The van der Waals surface area contributed by atoms with Crippen LogP contribution in [-0.2, 0) is 19.9 Å². The van der Waals surface area contributed by atoms with Gasteiger partial charge in [0, 0.05) is 0 Å². The Morgan fingerprint density at radius 1 is 1.37 bits per heavy atom. The van der Waals surface area contributed by atoms with Crippen molar-refractivity contribution in [2.45, 2.75) is 57.8 Å². The lowest BCUT2D eigenvalue weighted by molar-refractivity contribution is -0.154. The summed E-state index contributed by atoms with van der Waals surface area (Å²) in [5.74, 6) is -0.255. The molecular formula is C16H22O3. The maximum absolute atomic E-state index is 12.4. The van der Waals surface area contributed by atoms with Crippen molar-refractivity contribution in [3.05, 3.63) is 35.9 Å². The largest absolute Gasteiger partial charge is 0.460 e. The van der Waals surface area contributed by atoms with E-state index in [-0.39, 0.29) is 18.2 Å². The normalized spacial score (nSPS) is 25.4. The molecule has 3 nitrogen and oxygen atoms in total. The lowest BCUT2D eigenvalue weighted by atomic mass is 9.93. The summed E-state index contributed by atoms with van der Waals surface area (Å²) in [5, 5.41) is 0. The minimum absolute atomic E-state index is 0.0406. The maximum atomic E-state index is 12.4. The van der Waals surface area contributed by atoms with Crippen molar-refractivity contribution in [1.82, 2.24) is 0 Å². The van der Waals surface area contributed by atoms with Crippen LogP contribution in [0.25, 0.3) is 0 Å². The van der Waals surface area contributed by atoms with Crippen molar-refractivity contribution >= 4 is 5.97 Å². The molecule has 1 aromatic rings. The van der Waals surface area contributed by atoms with Crippen LogP contribution >= 0.6 is 0 Å². The average Bonchev–Trinajstić information content (AvgIpc) is 3.12. The molecule has 0 unspecified atom stereocenters. The van der Waals surface area contributed by atoms with E-state index in [9.17, 15) is 4.79 Å². The minimum Gasteiger partial charge on any atom is -0.460 e. The van der Waals surface area contributed by atoms with Crippen LogP contribution in [0.1, 0.15) is 45.6 Å². The van der Waals surface area contributed by atoms with Gasteiger partial charge in [-0.15, -0.1) is 0 Å². The third-order valence-corrected chi connectivity index (χ3v) is 3.39. The molecular weight excluding hydrogens is 240 g/mol. The average molecular weight is 262 g/mol. The summed E-state index contributed by atoms with van der Waals surface area (Å²) in [4.78, 5) is 12.4. The molecule has 0 aliphatic carbocycles. The second kappa shape index (κ2) is 5.74. The molecule has 0 radical (unpaired) electrons. The summed E-state index contributed by atoms with van der Waals surface area (Å²) in [6.45, 7) is 5.86. The fraction of sp³-hybridized carbons (Fsp3) is 0.562. The van der Waals surface area contributed by atoms with Crippen molar-refractivity contribution in [3.63, 3.8) is 0 Å². The van der Waals surface area contributed by atoms with Crippen LogP contribution in [0, 0.1) is 0 Å². The summed E-state index contributed by atoms with van der Waals surface area (Å²) >= 11 is 0. The molecule has 104 valence electrons. The molecule has 1 aromatic carbocycles. The number of esters is 1. The van der Waals surface area contributed by atoms with Crippen molar-refractivity contribution < 1.29 is 14.3 Å². The number of carbonyl (C=O) groups is 1. The molecule has 0 aromatic heterocycles. The molecule has 19 heavy (non-hydrogen) atoms. The molecule has 2 atom stereocenters. The number of hydrogen-bond acceptors (Lipinski definition) is 3. The fourth-order valence-corrected chi connectivity index (χ4v) is 2.38. The highest BCUT2D eigenvalue weighted by atomic mass is 16.7. The molecule has 0 bridgehead atoms. The Labute approximate surface area is 114 Å². The van der Waals surface area contributed by atoms with Crippen molar-refractivity contribution in [1.29, 1.82) is 0 Å². The van der Waals surface area contributed by atoms with E-state index < -0.39 is 5.60 Å². The summed E-state index contributed by atoms with van der Waals surface area (Å²) in [5.41, 5.74) is 0.0440. The number of benzene rings is 1. The Hall–Kier alpha value is -1.35. The Morgan fingerprint density at radius 2 is 2.05 bits per heavy atom. The van der Waals surface area contributed by atoms with Crippen LogP contribution in [0.4, 0.5) is 0 Å². The van der Waals surface area contributed by atoms with Gasteiger partial charge in [-0.05, 0) is 25.8 Å². The monoisotopic (exact) mass is 262 g/mol. The second-order valence-electron chi connectivity index (χ2n) is 5.30. The second-order valence-corrected chi connectivity index (χ2v) is 5.30. The van der Waals surface area contributed by atoms with E-state index >= 15 is 0 Å². The Kier molecular flexibility index (Phi) is 4.25. The first-order chi connectivity index (χ1) is 9.11. The van der Waals surface area contributed by atoms with Gasteiger partial charge >= 0.3 is 5.97 Å². The lowest BCUT2D eigenvalue weighted by Gasteiger charge is -2.15. The summed E-state index contributed by atoms with van der Waals surface area (Å²) in [6.07, 6.45) is 2.90. The minimum atomic E-state index is -0.860. The van der Waals surface area contributed by atoms with E-state index in [0.717, 1.165) is 24.8 Å². The van der Waals surface area contributed by atoms with E-state index in [1.165, 1.54) is 0 Å². The molecule has 1 aliphatic rings. The third kappa shape index (κ3) is 2.81. The van der Waals surface area contributed by atoms with Gasteiger partial charge in [-0.25, -0.2) is 4.79 Å². The first kappa shape index (κ1) is 14.1. The highest BCUT2D eigenvalue weighted by Crippen LogP contribution is 2.49. The smallest absolute Gasteiger partial charge is 0.346 e. The number of epoxide rings is 1. The molecule has 1 aliphatic heterocycles. The molecule has 0 N–H and O–H groups in total. The molecule has 1 fully saturated rings. The molecule has 1 saturated heterocycles. The van der Waals surface area contributed by atoms with Crippen molar-refractivity contribution in [3.8, 4) is 0 Å². The summed E-state index contributed by atoms with van der Waals surface area (Å²) < 4.78 is 11.2. The van der Waals surface area contributed by atoms with Crippen LogP contribution in [-0.4, -0.2) is 18.2 Å². The molecule has 0 spiro atoms. The molecule has 0 saturated carbocycles. The molecule has 2 rings (SSSR count). The van der Waals surface area contributed by atoms with Crippen LogP contribution in [0.15, 0.2) is 30.3 Å². The van der Waals surface area contributed by atoms with Gasteiger partial charge in [0.15, 0.2) is 0 Å². The van der Waals surface area contributed by atoms with E-state index in [1.54, 1.807) is 0 Å². The van der Waals surface area contributed by atoms with Crippen LogP contribution in [0.3, 0.4) is 0 Å². The molecule has 1 heterocycles. The van der Waals surface area contributed by atoms with Gasteiger partial charge in [0.2, 0.25) is 5.60 Å². The first-order valence-electron chi connectivity index (χ1n) is 7.05. The molecule has 3 heteroatoms. The zero-order valence-electron chi connectivity index (χ0n) is 11.9. The summed E-state index contributed by atoms with van der Waals surface area (Å²) in [7, 11) is 0. The van der Waals surface area contributed by atoms with Gasteiger partial charge in [-0.1, -0.05) is 50.1 Å². The van der Waals surface area contributed by atoms with Gasteiger partial charge in [0.1, 0.15) is 6.10 Å². The highest BCUT2D eigenvalue weighted by molar-refractivity contribution is 5.85. The van der Waals surface area contributed by atoms with Gasteiger partial charge < -0.3 is 9.47 Å². The van der Waals surface area contributed by atoms with Crippen molar-refractivity contribution in [2.75, 3.05) is 0 Å². The number of unbranched alkanes of at least 4 members (excludes halogenated alkanes) is 1. The number of rotatable bonds is 6. The fourth-order valence-electron chi connectivity index (χ4n) is 2.38. The zero-order valence-corrected chi connectivity index (χ0v) is 11.9. The first-order valence-corrected chi connectivity index (χ1v) is 7.05. The standard InChI is InChI=1S/C16H22O3/c1-4-5-11-14-16(19-14,15(17)18-12(2)3)13-9-7-6-8-10-13/h6-10,12,14H,4-5,11H2,1-3H3/t14-,16+/m1/s1. The topological polar surface area (TPSA) is 38.8 Å². The summed E-state index contributed by atoms with van der Waals surface area (Å²) in [6, 6.07) is 9.67. The quantitative estimate of drug-likeness (QED) is 0.582. The van der Waals surface area contributed by atoms with Crippen LogP contribution in [0.5, 0.6) is 0 Å². The van der Waals surface area contributed by atoms with E-state index in [0.29, 0.717) is 0 Å². The predicted octanol–water partition coefficient (Wildman–Crippen LogP) is 3.42. The van der Waals surface area contributed by atoms with Gasteiger partial charge in [0.25, 0.3) is 0 Å². The Balaban J connectivity index is 2.19. The maximum Gasteiger partial charge on any atom is 0.346 e. The van der Waals surface area contributed by atoms with E-state index in [2.05, 4.69) is 6.92 Å². The van der Waals surface area contributed by atoms with Crippen molar-refractivity contribution in [2.24, 2.45) is 0 Å². The Bertz CT molecular complexity index is 427. The van der Waals surface area contributed by atoms with Gasteiger partial charge in [0.05, 0.1) is 6.10 Å². The van der Waals surface area contributed by atoms with E-state index in [1.807, 2.05) is 44.2 Å². The third-order valence-electron chi connectivity index (χ3n) is 3.39. The predicted molar refractivity (Wildman–Crippen MR) is 73.7 cm³/mol. The SMILES string of the molecule is CCCC[C@H]1O[C@@]1(C(=O)OC(C)C)c1ccccc1. The molecule has 0 amide bonds. The van der Waals surface area contributed by atoms with E-state index in [4.69, 9.17) is 9.47 Å². The van der Waals surface area contributed by atoms with Crippen LogP contribution < -0.4 is 0 Å². The van der Waals surface area contributed by atoms with Crippen LogP contribution in [0.2, 0.25) is 0 Å².